The molecule has 16 heavy (non-hydrogen) atoms. The largest absolute Gasteiger partial charge is 0.359 e. The highest BCUT2D eigenvalue weighted by molar-refractivity contribution is 9.10. The van der Waals surface area contributed by atoms with E-state index in [0.717, 1.165) is 21.1 Å². The normalized spacial score (nSPS) is 10.8. The number of H-pyrrole nitrogens is 1. The Morgan fingerprint density at radius 3 is 2.69 bits per heavy atom. The minimum absolute atomic E-state index is 1.02. The first-order chi connectivity index (χ1) is 7.84. The molecule has 0 bridgehead atoms. The topological polar surface area (TPSA) is 28.7 Å². The summed E-state index contributed by atoms with van der Waals surface area (Å²) in [5.74, 6) is 0. The first kappa shape index (κ1) is 9.60. The Hall–Kier alpha value is -1.61. The lowest BCUT2D eigenvalue weighted by Gasteiger charge is -1.98. The summed E-state index contributed by atoms with van der Waals surface area (Å²) in [5, 5.41) is 0. The summed E-state index contributed by atoms with van der Waals surface area (Å²) >= 11 is 3.44. The number of hydrogen-bond acceptors (Lipinski definition) is 1. The molecule has 0 amide bonds. The number of nitrogens with one attached hydrogen (secondary N) is 1. The van der Waals surface area contributed by atoms with Crippen LogP contribution in [0.2, 0.25) is 0 Å². The number of nitrogens with zero attached hydrogens (tertiary/aromatic N) is 1. The molecule has 0 aliphatic rings. The van der Waals surface area contributed by atoms with E-state index in [1.54, 1.807) is 0 Å². The van der Waals surface area contributed by atoms with E-state index in [9.17, 15) is 0 Å². The summed E-state index contributed by atoms with van der Waals surface area (Å²) < 4.78 is 1.09. The van der Waals surface area contributed by atoms with Gasteiger partial charge in [-0.1, -0.05) is 28.1 Å². The van der Waals surface area contributed by atoms with Crippen LogP contribution in [0.3, 0.4) is 0 Å². The highest BCUT2D eigenvalue weighted by Crippen LogP contribution is 2.27. The molecule has 3 aromatic rings. The van der Waals surface area contributed by atoms with Gasteiger partial charge in [0.25, 0.3) is 0 Å². The molecule has 3 rings (SSSR count). The zero-order chi connectivity index (χ0) is 11.0. The van der Waals surface area contributed by atoms with Crippen molar-refractivity contribution < 1.29 is 0 Å². The fraction of sp³-hybridized carbons (Fsp3) is 0. The molecule has 2 heterocycles. The zero-order valence-electron chi connectivity index (χ0n) is 8.44. The van der Waals surface area contributed by atoms with Crippen molar-refractivity contribution in [3.8, 4) is 11.1 Å². The van der Waals surface area contributed by atoms with E-state index in [1.165, 1.54) is 5.56 Å². The lowest BCUT2D eigenvalue weighted by molar-refractivity contribution is 1.41. The SMILES string of the molecule is Brc1ccc(-c2c[nH]c3cccnc23)cc1. The Labute approximate surface area is 101 Å². The molecule has 0 aliphatic carbocycles. The van der Waals surface area contributed by atoms with Gasteiger partial charge in [0.2, 0.25) is 0 Å². The fourth-order valence-electron chi connectivity index (χ4n) is 1.80. The standard InChI is InChI=1S/C13H9BrN2/c14-10-5-3-9(4-6-10)11-8-16-12-2-1-7-15-13(11)12/h1-8,16H. The Kier molecular flexibility index (Phi) is 2.26. The van der Waals surface area contributed by atoms with Crippen LogP contribution in [0.5, 0.6) is 0 Å². The Morgan fingerprint density at radius 1 is 1.06 bits per heavy atom. The summed E-state index contributed by atoms with van der Waals surface area (Å²) in [6, 6.07) is 12.2. The minimum Gasteiger partial charge on any atom is -0.359 e. The second kappa shape index (κ2) is 3.76. The molecule has 2 aromatic heterocycles. The molecule has 1 N–H and O–H groups in total. The van der Waals surface area contributed by atoms with Crippen LogP contribution in [0, 0.1) is 0 Å². The lowest BCUT2D eigenvalue weighted by atomic mass is 10.1. The van der Waals surface area contributed by atoms with E-state index in [4.69, 9.17) is 0 Å². The van der Waals surface area contributed by atoms with Crippen molar-refractivity contribution in [3.05, 3.63) is 53.3 Å². The van der Waals surface area contributed by atoms with Crippen LogP contribution < -0.4 is 0 Å². The average molecular weight is 273 g/mol. The van der Waals surface area contributed by atoms with Crippen molar-refractivity contribution in [2.45, 2.75) is 0 Å². The third kappa shape index (κ3) is 1.53. The van der Waals surface area contributed by atoms with Gasteiger partial charge in [0.15, 0.2) is 0 Å². The number of rotatable bonds is 1. The molecule has 0 fully saturated rings. The van der Waals surface area contributed by atoms with Crippen LogP contribution >= 0.6 is 15.9 Å². The summed E-state index contributed by atoms with van der Waals surface area (Å²) in [4.78, 5) is 7.62. The molecule has 3 heteroatoms. The van der Waals surface area contributed by atoms with Crippen molar-refractivity contribution in [2.24, 2.45) is 0 Å². The maximum Gasteiger partial charge on any atom is 0.0957 e. The van der Waals surface area contributed by atoms with Crippen molar-refractivity contribution in [1.29, 1.82) is 0 Å². The van der Waals surface area contributed by atoms with E-state index >= 15 is 0 Å². The van der Waals surface area contributed by atoms with Gasteiger partial charge in [0.05, 0.1) is 11.0 Å². The molecular formula is C13H9BrN2. The van der Waals surface area contributed by atoms with Crippen LogP contribution in [0.15, 0.2) is 53.3 Å². The van der Waals surface area contributed by atoms with Gasteiger partial charge in [-0.25, -0.2) is 0 Å². The van der Waals surface area contributed by atoms with Gasteiger partial charge < -0.3 is 4.98 Å². The molecule has 0 unspecified atom stereocenters. The molecule has 0 spiro atoms. The first-order valence-electron chi connectivity index (χ1n) is 5.02. The smallest absolute Gasteiger partial charge is 0.0957 e. The minimum atomic E-state index is 1.02. The van der Waals surface area contributed by atoms with E-state index in [2.05, 4.69) is 38.0 Å². The lowest BCUT2D eigenvalue weighted by Crippen LogP contribution is -1.77. The molecule has 0 saturated carbocycles. The summed E-state index contributed by atoms with van der Waals surface area (Å²) in [6.45, 7) is 0. The molecular weight excluding hydrogens is 264 g/mol. The van der Waals surface area contributed by atoms with E-state index in [-0.39, 0.29) is 0 Å². The maximum absolute atomic E-state index is 4.40. The van der Waals surface area contributed by atoms with Gasteiger partial charge >= 0.3 is 0 Å². The van der Waals surface area contributed by atoms with Gasteiger partial charge in [-0.3, -0.25) is 4.98 Å². The van der Waals surface area contributed by atoms with Gasteiger partial charge in [0, 0.05) is 22.4 Å². The number of benzene rings is 1. The van der Waals surface area contributed by atoms with Gasteiger partial charge in [0.1, 0.15) is 0 Å². The van der Waals surface area contributed by atoms with Crippen molar-refractivity contribution >= 4 is 27.0 Å². The Bertz CT molecular complexity index is 626. The second-order valence-corrected chi connectivity index (χ2v) is 4.52. The molecule has 0 aliphatic heterocycles. The molecule has 1 aromatic carbocycles. The van der Waals surface area contributed by atoms with Crippen molar-refractivity contribution in [3.63, 3.8) is 0 Å². The predicted octanol–water partition coefficient (Wildman–Crippen LogP) is 3.99. The summed E-state index contributed by atoms with van der Waals surface area (Å²) in [6.07, 6.45) is 3.82. The Morgan fingerprint density at radius 2 is 1.88 bits per heavy atom. The van der Waals surface area contributed by atoms with Crippen LogP contribution in [-0.4, -0.2) is 9.97 Å². The van der Waals surface area contributed by atoms with Crippen LogP contribution in [0.25, 0.3) is 22.2 Å². The fourth-order valence-corrected chi connectivity index (χ4v) is 2.07. The van der Waals surface area contributed by atoms with Gasteiger partial charge in [-0.05, 0) is 29.8 Å². The molecule has 0 radical (unpaired) electrons. The zero-order valence-corrected chi connectivity index (χ0v) is 10.0. The highest BCUT2D eigenvalue weighted by Gasteiger charge is 2.05. The van der Waals surface area contributed by atoms with Crippen molar-refractivity contribution in [2.75, 3.05) is 0 Å². The monoisotopic (exact) mass is 272 g/mol. The quantitative estimate of drug-likeness (QED) is 0.713. The Balaban J connectivity index is 2.22. The van der Waals surface area contributed by atoms with E-state index in [0.29, 0.717) is 0 Å². The molecule has 0 saturated heterocycles. The number of halogens is 1. The van der Waals surface area contributed by atoms with Gasteiger partial charge in [-0.2, -0.15) is 0 Å². The number of pyridine rings is 1. The van der Waals surface area contributed by atoms with Crippen LogP contribution in [0.1, 0.15) is 0 Å². The second-order valence-electron chi connectivity index (χ2n) is 3.61. The summed E-state index contributed by atoms with van der Waals surface area (Å²) in [5.41, 5.74) is 4.40. The number of aromatic amines is 1. The van der Waals surface area contributed by atoms with Crippen LogP contribution in [-0.2, 0) is 0 Å². The van der Waals surface area contributed by atoms with Gasteiger partial charge in [-0.15, -0.1) is 0 Å². The van der Waals surface area contributed by atoms with E-state index in [1.807, 2.05) is 36.7 Å². The van der Waals surface area contributed by atoms with Crippen LogP contribution in [0.4, 0.5) is 0 Å². The highest BCUT2D eigenvalue weighted by atomic mass is 79.9. The summed E-state index contributed by atoms with van der Waals surface area (Å²) in [7, 11) is 0. The molecule has 2 nitrogen and oxygen atoms in total. The third-order valence-electron chi connectivity index (χ3n) is 2.59. The maximum atomic E-state index is 4.40. The first-order valence-corrected chi connectivity index (χ1v) is 5.82. The number of aromatic nitrogens is 2. The number of hydrogen-bond donors (Lipinski definition) is 1. The predicted molar refractivity (Wildman–Crippen MR) is 69.2 cm³/mol. The third-order valence-corrected chi connectivity index (χ3v) is 3.12. The molecule has 78 valence electrons. The van der Waals surface area contributed by atoms with Crippen molar-refractivity contribution in [1.82, 2.24) is 9.97 Å². The average Bonchev–Trinajstić information content (AvgIpc) is 2.74. The van der Waals surface area contributed by atoms with E-state index < -0.39 is 0 Å². The number of fused-ring (bicyclic) bond motifs is 1. The molecule has 0 atom stereocenters.